The molecule has 1 fully saturated rings. The van der Waals surface area contributed by atoms with E-state index in [0.717, 1.165) is 16.8 Å². The monoisotopic (exact) mass is 417 g/mol. The van der Waals surface area contributed by atoms with E-state index in [4.69, 9.17) is 9.47 Å². The molecule has 3 aromatic rings. The predicted octanol–water partition coefficient (Wildman–Crippen LogP) is 4.11. The van der Waals surface area contributed by atoms with E-state index in [1.165, 1.54) is 0 Å². The molecule has 158 valence electrons. The number of hydrogen-bond acceptors (Lipinski definition) is 5. The van der Waals surface area contributed by atoms with Gasteiger partial charge in [0.05, 0.1) is 12.6 Å². The summed E-state index contributed by atoms with van der Waals surface area (Å²) in [5, 5.41) is 3.00. The van der Waals surface area contributed by atoms with Crippen LogP contribution < -0.4 is 15.0 Å². The van der Waals surface area contributed by atoms with E-state index in [9.17, 15) is 9.59 Å². The largest absolute Gasteiger partial charge is 0.489 e. The number of aromatic nitrogens is 1. The van der Waals surface area contributed by atoms with Gasteiger partial charge < -0.3 is 14.8 Å². The number of nitrogens with zero attached hydrogens (tertiary/aromatic N) is 2. The highest BCUT2D eigenvalue weighted by molar-refractivity contribution is 5.94. The van der Waals surface area contributed by atoms with E-state index >= 15 is 0 Å². The standard InChI is InChI=1S/C24H23N3O4/c1-17(19-2-6-21(7-3-19)27-14-15-30-24(27)29)26-23(28)20-4-8-22(9-5-20)31-16-18-10-12-25-13-11-18/h2-13,17H,14-16H2,1H3,(H,26,28). The van der Waals surface area contributed by atoms with Gasteiger partial charge in [0.25, 0.3) is 5.91 Å². The van der Waals surface area contributed by atoms with E-state index in [1.807, 2.05) is 43.3 Å². The molecule has 1 saturated heterocycles. The molecule has 1 atom stereocenters. The molecule has 1 aromatic heterocycles. The van der Waals surface area contributed by atoms with Gasteiger partial charge in [-0.25, -0.2) is 4.79 Å². The zero-order chi connectivity index (χ0) is 21.6. The number of cyclic esters (lactones) is 1. The number of carbonyl (C=O) groups excluding carboxylic acids is 2. The van der Waals surface area contributed by atoms with Gasteiger partial charge in [0, 0.05) is 23.6 Å². The molecule has 1 unspecified atom stereocenters. The maximum absolute atomic E-state index is 12.6. The van der Waals surface area contributed by atoms with Gasteiger partial charge in [-0.15, -0.1) is 0 Å². The van der Waals surface area contributed by atoms with Crippen molar-refractivity contribution in [2.75, 3.05) is 18.1 Å². The summed E-state index contributed by atoms with van der Waals surface area (Å²) in [7, 11) is 0. The molecular formula is C24H23N3O4. The summed E-state index contributed by atoms with van der Waals surface area (Å²) in [6, 6.07) is 18.2. The van der Waals surface area contributed by atoms with Crippen LogP contribution in [0.1, 0.15) is 34.5 Å². The Balaban J connectivity index is 1.32. The summed E-state index contributed by atoms with van der Waals surface area (Å²) in [5.74, 6) is 0.526. The van der Waals surface area contributed by atoms with Crippen molar-refractivity contribution in [2.24, 2.45) is 0 Å². The first-order valence-corrected chi connectivity index (χ1v) is 10.1. The highest BCUT2D eigenvalue weighted by Gasteiger charge is 2.23. The Morgan fingerprint density at radius 3 is 2.45 bits per heavy atom. The van der Waals surface area contributed by atoms with Crippen molar-refractivity contribution in [3.63, 3.8) is 0 Å². The molecule has 1 aliphatic heterocycles. The average molecular weight is 417 g/mol. The maximum atomic E-state index is 12.6. The number of amides is 2. The molecule has 0 spiro atoms. The fourth-order valence-electron chi connectivity index (χ4n) is 3.28. The summed E-state index contributed by atoms with van der Waals surface area (Å²) in [5.41, 5.74) is 3.31. The molecule has 7 nitrogen and oxygen atoms in total. The first kappa shape index (κ1) is 20.4. The molecule has 7 heteroatoms. The van der Waals surface area contributed by atoms with E-state index in [2.05, 4.69) is 10.3 Å². The van der Waals surface area contributed by atoms with Crippen molar-refractivity contribution in [2.45, 2.75) is 19.6 Å². The molecular weight excluding hydrogens is 394 g/mol. The van der Waals surface area contributed by atoms with Gasteiger partial charge in [0.2, 0.25) is 0 Å². The molecule has 2 amide bonds. The fourth-order valence-corrected chi connectivity index (χ4v) is 3.28. The van der Waals surface area contributed by atoms with Crippen LogP contribution in [0, 0.1) is 0 Å². The van der Waals surface area contributed by atoms with E-state index in [1.54, 1.807) is 41.6 Å². The van der Waals surface area contributed by atoms with Crippen LogP contribution in [-0.2, 0) is 11.3 Å². The Bertz CT molecular complexity index is 1040. The van der Waals surface area contributed by atoms with Gasteiger partial charge in [-0.1, -0.05) is 12.1 Å². The van der Waals surface area contributed by atoms with Gasteiger partial charge >= 0.3 is 6.09 Å². The Morgan fingerprint density at radius 1 is 1.10 bits per heavy atom. The van der Waals surface area contributed by atoms with Crippen molar-refractivity contribution in [1.29, 1.82) is 0 Å². The third-order valence-electron chi connectivity index (χ3n) is 5.08. The van der Waals surface area contributed by atoms with E-state index < -0.39 is 0 Å². The number of rotatable bonds is 7. The highest BCUT2D eigenvalue weighted by atomic mass is 16.6. The number of benzene rings is 2. The molecule has 0 saturated carbocycles. The minimum Gasteiger partial charge on any atom is -0.489 e. The molecule has 1 aliphatic rings. The number of ether oxygens (including phenoxy) is 2. The summed E-state index contributed by atoms with van der Waals surface area (Å²) in [6.07, 6.45) is 3.12. The molecule has 2 aromatic carbocycles. The first-order valence-electron chi connectivity index (χ1n) is 10.1. The van der Waals surface area contributed by atoms with Crippen LogP contribution in [0.2, 0.25) is 0 Å². The van der Waals surface area contributed by atoms with Crippen LogP contribution in [-0.4, -0.2) is 30.1 Å². The number of pyridine rings is 1. The van der Waals surface area contributed by atoms with E-state index in [0.29, 0.717) is 31.1 Å². The summed E-state index contributed by atoms with van der Waals surface area (Å²) >= 11 is 0. The summed E-state index contributed by atoms with van der Waals surface area (Å²) in [6.45, 7) is 3.31. The SMILES string of the molecule is CC(NC(=O)c1ccc(OCc2ccncc2)cc1)c1ccc(N2CCOC2=O)cc1. The van der Waals surface area contributed by atoms with Crippen molar-refractivity contribution in [1.82, 2.24) is 10.3 Å². The third kappa shape index (κ3) is 5.01. The maximum Gasteiger partial charge on any atom is 0.414 e. The molecule has 1 N–H and O–H groups in total. The Kier molecular flexibility index (Phi) is 6.12. The van der Waals surface area contributed by atoms with Crippen molar-refractivity contribution in [3.8, 4) is 5.75 Å². The zero-order valence-corrected chi connectivity index (χ0v) is 17.2. The highest BCUT2D eigenvalue weighted by Crippen LogP contribution is 2.22. The average Bonchev–Trinajstić information content (AvgIpc) is 3.24. The second-order valence-corrected chi connectivity index (χ2v) is 7.22. The minimum atomic E-state index is -0.331. The third-order valence-corrected chi connectivity index (χ3v) is 5.08. The van der Waals surface area contributed by atoms with Crippen molar-refractivity contribution < 1.29 is 19.1 Å². The van der Waals surface area contributed by atoms with Gasteiger partial charge in [-0.3, -0.25) is 14.7 Å². The normalized spacial score (nSPS) is 14.1. The zero-order valence-electron chi connectivity index (χ0n) is 17.2. The second-order valence-electron chi connectivity index (χ2n) is 7.22. The molecule has 2 heterocycles. The van der Waals surface area contributed by atoms with Crippen molar-refractivity contribution in [3.05, 3.63) is 89.7 Å². The van der Waals surface area contributed by atoms with Crippen LogP contribution in [0.3, 0.4) is 0 Å². The minimum absolute atomic E-state index is 0.166. The van der Waals surface area contributed by atoms with Crippen LogP contribution in [0.5, 0.6) is 5.75 Å². The smallest absolute Gasteiger partial charge is 0.414 e. The lowest BCUT2D eigenvalue weighted by atomic mass is 10.1. The lowest BCUT2D eigenvalue weighted by Crippen LogP contribution is -2.27. The predicted molar refractivity (Wildman–Crippen MR) is 116 cm³/mol. The van der Waals surface area contributed by atoms with Crippen LogP contribution in [0.4, 0.5) is 10.5 Å². The summed E-state index contributed by atoms with van der Waals surface area (Å²) in [4.78, 5) is 29.8. The lowest BCUT2D eigenvalue weighted by molar-refractivity contribution is 0.0939. The summed E-state index contributed by atoms with van der Waals surface area (Å²) < 4.78 is 10.7. The van der Waals surface area contributed by atoms with Crippen LogP contribution in [0.25, 0.3) is 0 Å². The van der Waals surface area contributed by atoms with Gasteiger partial charge in [0.1, 0.15) is 19.0 Å². The Morgan fingerprint density at radius 2 is 1.81 bits per heavy atom. The first-order chi connectivity index (χ1) is 15.1. The number of hydrogen-bond donors (Lipinski definition) is 1. The number of carbonyl (C=O) groups is 2. The Labute approximate surface area is 180 Å². The van der Waals surface area contributed by atoms with Gasteiger partial charge in [-0.05, 0) is 66.6 Å². The molecule has 0 bridgehead atoms. The number of nitrogens with one attached hydrogen (secondary N) is 1. The molecule has 4 rings (SSSR count). The number of anilines is 1. The molecule has 0 radical (unpaired) electrons. The Hall–Kier alpha value is -3.87. The van der Waals surface area contributed by atoms with Crippen molar-refractivity contribution >= 4 is 17.7 Å². The van der Waals surface area contributed by atoms with Gasteiger partial charge in [-0.2, -0.15) is 0 Å². The van der Waals surface area contributed by atoms with Crippen LogP contribution in [0.15, 0.2) is 73.1 Å². The quantitative estimate of drug-likeness (QED) is 0.626. The topological polar surface area (TPSA) is 80.8 Å². The molecule has 0 aliphatic carbocycles. The fraction of sp³-hybridized carbons (Fsp3) is 0.208. The van der Waals surface area contributed by atoms with Gasteiger partial charge in [0.15, 0.2) is 0 Å². The van der Waals surface area contributed by atoms with Crippen LogP contribution >= 0.6 is 0 Å². The lowest BCUT2D eigenvalue weighted by Gasteiger charge is -2.17. The second kappa shape index (κ2) is 9.30. The van der Waals surface area contributed by atoms with E-state index in [-0.39, 0.29) is 18.0 Å². The molecule has 31 heavy (non-hydrogen) atoms.